The molecular formula is C12H14N2O4. The van der Waals surface area contributed by atoms with Gasteiger partial charge < -0.3 is 10.1 Å². The molecule has 0 radical (unpaired) electrons. The van der Waals surface area contributed by atoms with Gasteiger partial charge in [0, 0.05) is 31.9 Å². The van der Waals surface area contributed by atoms with E-state index in [0.29, 0.717) is 18.7 Å². The minimum absolute atomic E-state index is 0.00283. The molecule has 0 fully saturated rings. The van der Waals surface area contributed by atoms with Crippen LogP contribution in [-0.2, 0) is 9.53 Å². The summed E-state index contributed by atoms with van der Waals surface area (Å²) in [4.78, 5) is 21.4. The summed E-state index contributed by atoms with van der Waals surface area (Å²) in [5.41, 5.74) is 0.600. The topological polar surface area (TPSA) is 81.5 Å². The number of nitro benzene ring substituents is 1. The summed E-state index contributed by atoms with van der Waals surface area (Å²) in [6.45, 7) is 0.866. The summed E-state index contributed by atoms with van der Waals surface area (Å²) in [7, 11) is 1.55. The van der Waals surface area contributed by atoms with E-state index in [1.54, 1.807) is 19.2 Å². The largest absolute Gasteiger partial charge is 0.383 e. The highest BCUT2D eigenvalue weighted by Crippen LogP contribution is 2.13. The quantitative estimate of drug-likeness (QED) is 0.358. The van der Waals surface area contributed by atoms with Crippen LogP contribution in [0.1, 0.15) is 5.56 Å². The fourth-order valence-electron chi connectivity index (χ4n) is 1.25. The highest BCUT2D eigenvalue weighted by atomic mass is 16.6. The van der Waals surface area contributed by atoms with Crippen molar-refractivity contribution in [2.45, 2.75) is 0 Å². The fourth-order valence-corrected chi connectivity index (χ4v) is 1.25. The molecule has 0 bridgehead atoms. The molecule has 0 unspecified atom stereocenters. The van der Waals surface area contributed by atoms with Gasteiger partial charge in [0.2, 0.25) is 5.91 Å². The Bertz CT molecular complexity index is 457. The van der Waals surface area contributed by atoms with Gasteiger partial charge in [0.1, 0.15) is 0 Å². The Morgan fingerprint density at radius 3 is 3.00 bits per heavy atom. The van der Waals surface area contributed by atoms with Crippen LogP contribution in [0.4, 0.5) is 5.69 Å². The Hall–Kier alpha value is -2.21. The number of amides is 1. The molecule has 0 aromatic heterocycles. The van der Waals surface area contributed by atoms with Gasteiger partial charge in [0.15, 0.2) is 0 Å². The van der Waals surface area contributed by atoms with Crippen molar-refractivity contribution in [1.29, 1.82) is 0 Å². The molecule has 0 aliphatic carbocycles. The first-order valence-corrected chi connectivity index (χ1v) is 5.33. The van der Waals surface area contributed by atoms with E-state index >= 15 is 0 Å². The molecule has 0 aliphatic rings. The van der Waals surface area contributed by atoms with Crippen molar-refractivity contribution in [3.63, 3.8) is 0 Å². The van der Waals surface area contributed by atoms with Gasteiger partial charge in [-0.3, -0.25) is 14.9 Å². The second-order valence-electron chi connectivity index (χ2n) is 3.47. The number of methoxy groups -OCH3 is 1. The molecule has 1 aromatic carbocycles. The Balaban J connectivity index is 2.58. The fraction of sp³-hybridized carbons (Fsp3) is 0.250. The van der Waals surface area contributed by atoms with Gasteiger partial charge >= 0.3 is 0 Å². The second-order valence-corrected chi connectivity index (χ2v) is 3.47. The lowest BCUT2D eigenvalue weighted by Gasteiger charge is -1.99. The molecule has 1 aromatic rings. The van der Waals surface area contributed by atoms with Gasteiger partial charge in [-0.25, -0.2) is 0 Å². The number of nitro groups is 1. The number of carbonyl (C=O) groups excluding carboxylic acids is 1. The molecule has 1 N–H and O–H groups in total. The van der Waals surface area contributed by atoms with E-state index in [1.165, 1.54) is 24.3 Å². The number of hydrogen-bond acceptors (Lipinski definition) is 4. The van der Waals surface area contributed by atoms with Crippen molar-refractivity contribution < 1.29 is 14.5 Å². The lowest BCUT2D eigenvalue weighted by atomic mass is 10.2. The number of rotatable bonds is 6. The molecule has 0 aliphatic heterocycles. The first-order chi connectivity index (χ1) is 8.63. The predicted molar refractivity (Wildman–Crippen MR) is 67.0 cm³/mol. The summed E-state index contributed by atoms with van der Waals surface area (Å²) in [5.74, 6) is -0.265. The maximum Gasteiger partial charge on any atom is 0.270 e. The number of non-ortho nitro benzene ring substituents is 1. The van der Waals surface area contributed by atoms with E-state index in [1.807, 2.05) is 0 Å². The predicted octanol–water partition coefficient (Wildman–Crippen LogP) is 1.37. The van der Waals surface area contributed by atoms with E-state index in [2.05, 4.69) is 5.32 Å². The summed E-state index contributed by atoms with van der Waals surface area (Å²) in [6.07, 6.45) is 2.85. The molecule has 0 atom stereocenters. The normalized spacial score (nSPS) is 10.5. The van der Waals surface area contributed by atoms with Gasteiger partial charge in [0.25, 0.3) is 5.69 Å². The van der Waals surface area contributed by atoms with E-state index in [9.17, 15) is 14.9 Å². The van der Waals surface area contributed by atoms with E-state index in [4.69, 9.17) is 4.74 Å². The Kier molecular flexibility index (Phi) is 5.53. The first-order valence-electron chi connectivity index (χ1n) is 5.33. The number of nitrogens with one attached hydrogen (secondary N) is 1. The average molecular weight is 250 g/mol. The standard InChI is InChI=1S/C12H14N2O4/c1-18-8-7-13-12(15)6-5-10-3-2-4-11(9-10)14(16)17/h2-6,9H,7-8H2,1H3,(H,13,15)/b6-5+. The number of benzene rings is 1. The molecule has 0 saturated heterocycles. The first kappa shape index (κ1) is 13.9. The van der Waals surface area contributed by atoms with Crippen molar-refractivity contribution >= 4 is 17.7 Å². The van der Waals surface area contributed by atoms with Crippen LogP contribution in [0.5, 0.6) is 0 Å². The minimum Gasteiger partial charge on any atom is -0.383 e. The molecule has 0 heterocycles. The second kappa shape index (κ2) is 7.18. The maximum absolute atomic E-state index is 11.3. The summed E-state index contributed by atoms with van der Waals surface area (Å²) in [5, 5.41) is 13.2. The van der Waals surface area contributed by atoms with Crippen LogP contribution in [0, 0.1) is 10.1 Å². The van der Waals surface area contributed by atoms with Gasteiger partial charge in [-0.15, -0.1) is 0 Å². The minimum atomic E-state index is -0.476. The molecule has 0 saturated carbocycles. The van der Waals surface area contributed by atoms with Crippen LogP contribution in [0.25, 0.3) is 6.08 Å². The molecule has 96 valence electrons. The third-order valence-corrected chi connectivity index (χ3v) is 2.11. The third-order valence-electron chi connectivity index (χ3n) is 2.11. The lowest BCUT2D eigenvalue weighted by Crippen LogP contribution is -2.24. The van der Waals surface area contributed by atoms with Gasteiger partial charge in [-0.1, -0.05) is 12.1 Å². The van der Waals surface area contributed by atoms with Crippen LogP contribution in [0.15, 0.2) is 30.3 Å². The van der Waals surface area contributed by atoms with E-state index in [0.717, 1.165) is 0 Å². The summed E-state index contributed by atoms with van der Waals surface area (Å²) >= 11 is 0. The van der Waals surface area contributed by atoms with Crippen molar-refractivity contribution in [3.05, 3.63) is 46.0 Å². The van der Waals surface area contributed by atoms with Gasteiger partial charge in [0.05, 0.1) is 11.5 Å². The molecule has 6 heteroatoms. The van der Waals surface area contributed by atoms with Crippen LogP contribution < -0.4 is 5.32 Å². The van der Waals surface area contributed by atoms with E-state index in [-0.39, 0.29) is 11.6 Å². The highest BCUT2D eigenvalue weighted by Gasteiger charge is 2.03. The van der Waals surface area contributed by atoms with Crippen LogP contribution in [-0.4, -0.2) is 31.1 Å². The van der Waals surface area contributed by atoms with Crippen molar-refractivity contribution in [3.8, 4) is 0 Å². The summed E-state index contributed by atoms with van der Waals surface area (Å²) in [6, 6.07) is 6.06. The van der Waals surface area contributed by atoms with Gasteiger partial charge in [-0.2, -0.15) is 0 Å². The monoisotopic (exact) mass is 250 g/mol. The molecule has 1 amide bonds. The number of nitrogens with zero attached hydrogens (tertiary/aromatic N) is 1. The lowest BCUT2D eigenvalue weighted by molar-refractivity contribution is -0.384. The van der Waals surface area contributed by atoms with Crippen LogP contribution >= 0.6 is 0 Å². The molecule has 18 heavy (non-hydrogen) atoms. The van der Waals surface area contributed by atoms with Crippen LogP contribution in [0.3, 0.4) is 0 Å². The number of hydrogen-bond donors (Lipinski definition) is 1. The van der Waals surface area contributed by atoms with Crippen molar-refractivity contribution in [2.75, 3.05) is 20.3 Å². The smallest absolute Gasteiger partial charge is 0.270 e. The van der Waals surface area contributed by atoms with Crippen molar-refractivity contribution in [2.24, 2.45) is 0 Å². The molecule has 0 spiro atoms. The maximum atomic E-state index is 11.3. The molecular weight excluding hydrogens is 236 g/mol. The van der Waals surface area contributed by atoms with Gasteiger partial charge in [-0.05, 0) is 11.6 Å². The zero-order valence-electron chi connectivity index (χ0n) is 9.96. The van der Waals surface area contributed by atoms with Crippen LogP contribution in [0.2, 0.25) is 0 Å². The highest BCUT2D eigenvalue weighted by molar-refractivity contribution is 5.91. The Morgan fingerprint density at radius 1 is 1.56 bits per heavy atom. The SMILES string of the molecule is COCCNC(=O)/C=C/c1cccc([N+](=O)[O-])c1. The molecule has 1 rings (SSSR count). The van der Waals surface area contributed by atoms with Crippen molar-refractivity contribution in [1.82, 2.24) is 5.32 Å². The molecule has 6 nitrogen and oxygen atoms in total. The zero-order chi connectivity index (χ0) is 13.4. The summed E-state index contributed by atoms with van der Waals surface area (Å²) < 4.78 is 4.78. The Morgan fingerprint density at radius 2 is 2.33 bits per heavy atom. The number of ether oxygens (including phenoxy) is 1. The third kappa shape index (κ3) is 4.75. The average Bonchev–Trinajstić information content (AvgIpc) is 2.37. The Labute approximate surface area is 104 Å². The van der Waals surface area contributed by atoms with E-state index < -0.39 is 4.92 Å². The number of carbonyl (C=O) groups is 1. The zero-order valence-corrected chi connectivity index (χ0v) is 9.96.